The van der Waals surface area contributed by atoms with E-state index >= 15 is 0 Å². The normalized spacial score (nSPS) is 18.9. The molecule has 0 atom stereocenters. The summed E-state index contributed by atoms with van der Waals surface area (Å²) in [6, 6.07) is 0. The molecule has 1 fully saturated rings. The molecule has 72 valence electrons. The molecule has 0 aromatic carbocycles. The maximum absolute atomic E-state index is 5.10. The molecule has 0 radical (unpaired) electrons. The summed E-state index contributed by atoms with van der Waals surface area (Å²) in [5.74, 6) is 1.15. The topological polar surface area (TPSA) is 33.6 Å². The number of nitrogens with one attached hydrogen (secondary N) is 1. The Morgan fingerprint density at radius 1 is 1.62 bits per heavy atom. The highest BCUT2D eigenvalue weighted by Gasteiger charge is 2.46. The largest absolute Gasteiger partial charge is 0.307 e. The summed E-state index contributed by atoms with van der Waals surface area (Å²) >= 11 is 5.10. The number of H-pyrrole nitrogens is 1. The first-order valence-corrected chi connectivity index (χ1v) is 5.22. The van der Waals surface area contributed by atoms with E-state index in [9.17, 15) is 0 Å². The summed E-state index contributed by atoms with van der Waals surface area (Å²) < 4.78 is 2.75. The third kappa shape index (κ3) is 1.33. The minimum Gasteiger partial charge on any atom is -0.307 e. The van der Waals surface area contributed by atoms with Gasteiger partial charge in [-0.2, -0.15) is 5.10 Å². The van der Waals surface area contributed by atoms with Crippen molar-refractivity contribution in [3.63, 3.8) is 0 Å². The van der Waals surface area contributed by atoms with Crippen molar-refractivity contribution < 1.29 is 0 Å². The Balaban J connectivity index is 2.35. The predicted molar refractivity (Wildman–Crippen MR) is 54.2 cm³/mol. The van der Waals surface area contributed by atoms with Gasteiger partial charge in [-0.15, -0.1) is 0 Å². The lowest BCUT2D eigenvalue weighted by molar-refractivity contribution is 0.546. The Morgan fingerprint density at radius 2 is 2.31 bits per heavy atom. The van der Waals surface area contributed by atoms with E-state index in [1.807, 2.05) is 11.6 Å². The average molecular weight is 197 g/mol. The van der Waals surface area contributed by atoms with Crippen molar-refractivity contribution in [2.75, 3.05) is 0 Å². The van der Waals surface area contributed by atoms with E-state index < -0.39 is 0 Å². The van der Waals surface area contributed by atoms with Crippen LogP contribution in [0.3, 0.4) is 0 Å². The summed E-state index contributed by atoms with van der Waals surface area (Å²) in [6.45, 7) is 2.22. The quantitative estimate of drug-likeness (QED) is 0.754. The molecule has 0 bridgehead atoms. The summed E-state index contributed by atoms with van der Waals surface area (Å²) in [5, 5.41) is 7.17. The second-order valence-corrected chi connectivity index (χ2v) is 4.33. The van der Waals surface area contributed by atoms with Gasteiger partial charge in [-0.3, -0.25) is 5.10 Å². The monoisotopic (exact) mass is 197 g/mol. The lowest BCUT2D eigenvalue weighted by Gasteiger charge is -2.11. The lowest BCUT2D eigenvalue weighted by Crippen LogP contribution is -2.12. The number of hydrogen-bond donors (Lipinski definition) is 1. The molecule has 1 saturated carbocycles. The first-order chi connectivity index (χ1) is 6.19. The van der Waals surface area contributed by atoms with E-state index in [2.05, 4.69) is 17.1 Å². The maximum atomic E-state index is 5.10. The van der Waals surface area contributed by atoms with Crippen molar-refractivity contribution >= 4 is 12.2 Å². The summed E-state index contributed by atoms with van der Waals surface area (Å²) in [7, 11) is 2.00. The number of rotatable bonds is 3. The molecule has 1 heterocycles. The number of aromatic nitrogens is 3. The zero-order chi connectivity index (χ0) is 9.47. The molecular weight excluding hydrogens is 182 g/mol. The van der Waals surface area contributed by atoms with E-state index in [-0.39, 0.29) is 0 Å². The minimum absolute atomic E-state index is 0.358. The third-order valence-corrected chi connectivity index (χ3v) is 3.30. The van der Waals surface area contributed by atoms with Crippen LogP contribution in [0.25, 0.3) is 0 Å². The van der Waals surface area contributed by atoms with Crippen LogP contribution in [-0.4, -0.2) is 14.8 Å². The number of hydrogen-bond acceptors (Lipinski definition) is 2. The van der Waals surface area contributed by atoms with Gasteiger partial charge in [0.15, 0.2) is 4.77 Å². The van der Waals surface area contributed by atoms with Crippen molar-refractivity contribution in [2.24, 2.45) is 7.05 Å². The molecule has 1 aliphatic rings. The highest BCUT2D eigenvalue weighted by molar-refractivity contribution is 7.71. The Hall–Kier alpha value is -0.640. The Kier molecular flexibility index (Phi) is 2.02. The molecule has 0 aliphatic heterocycles. The zero-order valence-corrected chi connectivity index (χ0v) is 8.95. The molecular formula is C9H15N3S. The lowest BCUT2D eigenvalue weighted by atomic mass is 10.00. The number of aromatic amines is 1. The van der Waals surface area contributed by atoms with E-state index in [0.717, 1.165) is 10.6 Å². The van der Waals surface area contributed by atoms with Gasteiger partial charge < -0.3 is 4.57 Å². The summed E-state index contributed by atoms with van der Waals surface area (Å²) in [4.78, 5) is 0. The molecule has 0 saturated heterocycles. The Bertz CT molecular complexity index is 359. The first-order valence-electron chi connectivity index (χ1n) is 4.81. The van der Waals surface area contributed by atoms with Crippen LogP contribution in [0.15, 0.2) is 0 Å². The van der Waals surface area contributed by atoms with Crippen LogP contribution >= 0.6 is 12.2 Å². The van der Waals surface area contributed by atoms with Crippen molar-refractivity contribution in [2.45, 2.75) is 38.0 Å². The van der Waals surface area contributed by atoms with Crippen LogP contribution in [0.2, 0.25) is 0 Å². The van der Waals surface area contributed by atoms with Gasteiger partial charge in [0.25, 0.3) is 0 Å². The van der Waals surface area contributed by atoms with Gasteiger partial charge in [-0.1, -0.05) is 13.3 Å². The molecule has 0 amide bonds. The average Bonchev–Trinajstić information content (AvgIpc) is 2.79. The summed E-state index contributed by atoms with van der Waals surface area (Å²) in [5.41, 5.74) is 0.358. The van der Waals surface area contributed by atoms with Gasteiger partial charge in [0.2, 0.25) is 0 Å². The second kappa shape index (κ2) is 2.94. The molecule has 0 unspecified atom stereocenters. The fraction of sp³-hybridized carbons (Fsp3) is 0.778. The van der Waals surface area contributed by atoms with E-state index in [1.165, 1.54) is 25.7 Å². The maximum Gasteiger partial charge on any atom is 0.194 e. The highest BCUT2D eigenvalue weighted by Crippen LogP contribution is 2.50. The fourth-order valence-corrected chi connectivity index (χ4v) is 2.17. The third-order valence-electron chi connectivity index (χ3n) is 2.94. The zero-order valence-electron chi connectivity index (χ0n) is 8.13. The highest BCUT2D eigenvalue weighted by atomic mass is 32.1. The summed E-state index contributed by atoms with van der Waals surface area (Å²) in [6.07, 6.45) is 5.00. The van der Waals surface area contributed by atoms with Gasteiger partial charge in [-0.05, 0) is 31.5 Å². The fourth-order valence-electron chi connectivity index (χ4n) is 2.04. The molecule has 1 aromatic rings. The molecule has 13 heavy (non-hydrogen) atoms. The van der Waals surface area contributed by atoms with Gasteiger partial charge in [0.05, 0.1) is 0 Å². The molecule has 3 nitrogen and oxygen atoms in total. The second-order valence-electron chi connectivity index (χ2n) is 3.94. The first kappa shape index (κ1) is 8.94. The van der Waals surface area contributed by atoms with Crippen molar-refractivity contribution in [1.29, 1.82) is 0 Å². The van der Waals surface area contributed by atoms with Gasteiger partial charge in [0, 0.05) is 12.5 Å². The Labute approximate surface area is 83.2 Å². The van der Waals surface area contributed by atoms with Crippen LogP contribution in [0.5, 0.6) is 0 Å². The minimum atomic E-state index is 0.358. The smallest absolute Gasteiger partial charge is 0.194 e. The molecule has 2 rings (SSSR count). The molecule has 1 aromatic heterocycles. The van der Waals surface area contributed by atoms with Crippen LogP contribution < -0.4 is 0 Å². The van der Waals surface area contributed by atoms with Crippen molar-refractivity contribution in [3.8, 4) is 0 Å². The SMILES string of the molecule is CCCC1(c2n[nH]c(=S)n2C)CC1. The molecule has 0 spiro atoms. The van der Waals surface area contributed by atoms with Gasteiger partial charge in [0.1, 0.15) is 5.82 Å². The van der Waals surface area contributed by atoms with E-state index in [1.54, 1.807) is 0 Å². The molecule has 1 aliphatic carbocycles. The van der Waals surface area contributed by atoms with Crippen LogP contribution in [0, 0.1) is 4.77 Å². The Morgan fingerprint density at radius 3 is 2.69 bits per heavy atom. The van der Waals surface area contributed by atoms with Crippen LogP contribution in [-0.2, 0) is 12.5 Å². The molecule has 1 N–H and O–H groups in total. The standard InChI is InChI=1S/C9H15N3S/c1-3-4-9(5-6-9)7-10-11-8(13)12(7)2/h3-6H2,1-2H3,(H,11,13). The van der Waals surface area contributed by atoms with Crippen molar-refractivity contribution in [1.82, 2.24) is 14.8 Å². The van der Waals surface area contributed by atoms with Gasteiger partial charge >= 0.3 is 0 Å². The van der Waals surface area contributed by atoms with Crippen LogP contribution in [0.4, 0.5) is 0 Å². The molecule has 4 heteroatoms. The van der Waals surface area contributed by atoms with Gasteiger partial charge in [-0.25, -0.2) is 0 Å². The van der Waals surface area contributed by atoms with E-state index in [0.29, 0.717) is 5.41 Å². The van der Waals surface area contributed by atoms with E-state index in [4.69, 9.17) is 12.2 Å². The number of nitrogens with zero attached hydrogens (tertiary/aromatic N) is 2. The van der Waals surface area contributed by atoms with Crippen molar-refractivity contribution in [3.05, 3.63) is 10.6 Å². The predicted octanol–water partition coefficient (Wildman–Crippen LogP) is 2.31. The van der Waals surface area contributed by atoms with Crippen LogP contribution in [0.1, 0.15) is 38.4 Å².